The SMILES string of the molecule is Nc1ccc(OCCCC(=O)O)cc1N. The van der Waals surface area contributed by atoms with Crippen LogP contribution < -0.4 is 16.2 Å². The molecule has 0 bridgehead atoms. The first-order valence-corrected chi connectivity index (χ1v) is 4.59. The first-order chi connectivity index (χ1) is 7.09. The number of benzene rings is 1. The highest BCUT2D eigenvalue weighted by atomic mass is 16.5. The van der Waals surface area contributed by atoms with Gasteiger partial charge in [-0.1, -0.05) is 0 Å². The molecule has 0 unspecified atom stereocenters. The lowest BCUT2D eigenvalue weighted by molar-refractivity contribution is -0.137. The standard InChI is InChI=1S/C10H14N2O3/c11-8-4-3-7(6-9(8)12)15-5-1-2-10(13)14/h3-4,6H,1-2,5,11-12H2,(H,13,14). The van der Waals surface area contributed by atoms with Gasteiger partial charge < -0.3 is 21.3 Å². The van der Waals surface area contributed by atoms with Crippen molar-refractivity contribution in [3.8, 4) is 5.75 Å². The predicted octanol–water partition coefficient (Wildman–Crippen LogP) is 1.09. The Balaban J connectivity index is 2.38. The molecule has 0 aliphatic rings. The van der Waals surface area contributed by atoms with Crippen LogP contribution in [-0.2, 0) is 4.79 Å². The molecule has 0 heterocycles. The molecule has 0 amide bonds. The Hall–Kier alpha value is -1.91. The van der Waals surface area contributed by atoms with E-state index >= 15 is 0 Å². The Labute approximate surface area is 87.6 Å². The molecule has 0 aliphatic carbocycles. The van der Waals surface area contributed by atoms with Crippen LogP contribution in [0.5, 0.6) is 5.75 Å². The second kappa shape index (κ2) is 5.09. The monoisotopic (exact) mass is 210 g/mol. The van der Waals surface area contributed by atoms with Gasteiger partial charge in [-0.25, -0.2) is 0 Å². The van der Waals surface area contributed by atoms with Gasteiger partial charge in [-0.2, -0.15) is 0 Å². The highest BCUT2D eigenvalue weighted by Gasteiger charge is 2.00. The van der Waals surface area contributed by atoms with Crippen molar-refractivity contribution in [1.29, 1.82) is 0 Å². The maximum Gasteiger partial charge on any atom is 0.303 e. The molecule has 0 saturated carbocycles. The average molecular weight is 210 g/mol. The van der Waals surface area contributed by atoms with Crippen molar-refractivity contribution in [2.75, 3.05) is 18.1 Å². The molecule has 5 N–H and O–H groups in total. The van der Waals surface area contributed by atoms with Gasteiger partial charge in [0, 0.05) is 12.5 Å². The van der Waals surface area contributed by atoms with Crippen LogP contribution in [-0.4, -0.2) is 17.7 Å². The minimum atomic E-state index is -0.824. The van der Waals surface area contributed by atoms with Crippen LogP contribution in [0.4, 0.5) is 11.4 Å². The summed E-state index contributed by atoms with van der Waals surface area (Å²) in [5.41, 5.74) is 12.1. The molecule has 0 saturated heterocycles. The molecule has 0 aliphatic heterocycles. The lowest BCUT2D eigenvalue weighted by atomic mass is 10.2. The molecule has 1 aromatic carbocycles. The zero-order valence-corrected chi connectivity index (χ0v) is 8.27. The number of nitrogen functional groups attached to an aromatic ring is 2. The van der Waals surface area contributed by atoms with Crippen molar-refractivity contribution in [2.45, 2.75) is 12.8 Å². The summed E-state index contributed by atoms with van der Waals surface area (Å²) in [5.74, 6) is -0.220. The topological polar surface area (TPSA) is 98.6 Å². The number of nitrogens with two attached hydrogens (primary N) is 2. The van der Waals surface area contributed by atoms with Crippen LogP contribution >= 0.6 is 0 Å². The summed E-state index contributed by atoms with van der Waals surface area (Å²) in [6.45, 7) is 0.357. The van der Waals surface area contributed by atoms with Crippen LogP contribution in [0, 0.1) is 0 Å². The van der Waals surface area contributed by atoms with Crippen molar-refractivity contribution in [3.63, 3.8) is 0 Å². The molecule has 5 nitrogen and oxygen atoms in total. The van der Waals surface area contributed by atoms with E-state index in [1.807, 2.05) is 0 Å². The third kappa shape index (κ3) is 3.76. The van der Waals surface area contributed by atoms with E-state index in [1.165, 1.54) is 0 Å². The number of ether oxygens (including phenoxy) is 1. The van der Waals surface area contributed by atoms with Crippen molar-refractivity contribution < 1.29 is 14.6 Å². The van der Waals surface area contributed by atoms with Gasteiger partial charge in [-0.05, 0) is 18.6 Å². The Morgan fingerprint density at radius 3 is 2.67 bits per heavy atom. The summed E-state index contributed by atoms with van der Waals surface area (Å²) < 4.78 is 5.29. The number of carboxylic acid groups (broad SMARTS) is 1. The number of anilines is 2. The number of rotatable bonds is 5. The molecule has 0 fully saturated rings. The number of carbonyl (C=O) groups is 1. The summed E-state index contributed by atoms with van der Waals surface area (Å²) >= 11 is 0. The molecule has 15 heavy (non-hydrogen) atoms. The fourth-order valence-corrected chi connectivity index (χ4v) is 1.06. The third-order valence-electron chi connectivity index (χ3n) is 1.86. The molecule has 0 spiro atoms. The first kappa shape index (κ1) is 11.2. The number of aliphatic carboxylic acids is 1. The van der Waals surface area contributed by atoms with Gasteiger partial charge in [0.1, 0.15) is 5.75 Å². The number of hydrogen-bond donors (Lipinski definition) is 3. The summed E-state index contributed by atoms with van der Waals surface area (Å²) in [7, 11) is 0. The van der Waals surface area contributed by atoms with E-state index in [0.29, 0.717) is 30.2 Å². The quantitative estimate of drug-likeness (QED) is 0.499. The lowest BCUT2D eigenvalue weighted by Crippen LogP contribution is -2.02. The largest absolute Gasteiger partial charge is 0.494 e. The molecule has 0 radical (unpaired) electrons. The molecule has 1 aromatic rings. The Kier molecular flexibility index (Phi) is 3.79. The van der Waals surface area contributed by atoms with E-state index in [1.54, 1.807) is 18.2 Å². The second-order valence-corrected chi connectivity index (χ2v) is 3.14. The Morgan fingerprint density at radius 2 is 2.07 bits per heavy atom. The van der Waals surface area contributed by atoms with E-state index in [-0.39, 0.29) is 6.42 Å². The van der Waals surface area contributed by atoms with Gasteiger partial charge in [0.05, 0.1) is 18.0 Å². The van der Waals surface area contributed by atoms with Crippen LogP contribution in [0.25, 0.3) is 0 Å². The highest BCUT2D eigenvalue weighted by Crippen LogP contribution is 2.21. The van der Waals surface area contributed by atoms with Crippen molar-refractivity contribution in [3.05, 3.63) is 18.2 Å². The van der Waals surface area contributed by atoms with Crippen LogP contribution in [0.3, 0.4) is 0 Å². The molecular weight excluding hydrogens is 196 g/mol. The smallest absolute Gasteiger partial charge is 0.303 e. The van der Waals surface area contributed by atoms with E-state index in [2.05, 4.69) is 0 Å². The summed E-state index contributed by atoms with van der Waals surface area (Å²) in [6.07, 6.45) is 0.573. The first-order valence-electron chi connectivity index (χ1n) is 4.59. The average Bonchev–Trinajstić information content (AvgIpc) is 2.18. The minimum absolute atomic E-state index is 0.102. The second-order valence-electron chi connectivity index (χ2n) is 3.14. The van der Waals surface area contributed by atoms with Gasteiger partial charge in [0.2, 0.25) is 0 Å². The van der Waals surface area contributed by atoms with Gasteiger partial charge in [0.15, 0.2) is 0 Å². The molecule has 82 valence electrons. The van der Waals surface area contributed by atoms with Crippen molar-refractivity contribution in [2.24, 2.45) is 0 Å². The van der Waals surface area contributed by atoms with Gasteiger partial charge in [-0.3, -0.25) is 4.79 Å². The van der Waals surface area contributed by atoms with Crippen LogP contribution in [0.2, 0.25) is 0 Å². The van der Waals surface area contributed by atoms with Crippen LogP contribution in [0.1, 0.15) is 12.8 Å². The summed E-state index contributed by atoms with van der Waals surface area (Å²) in [6, 6.07) is 4.98. The molecule has 0 aromatic heterocycles. The highest BCUT2D eigenvalue weighted by molar-refractivity contribution is 5.66. The van der Waals surface area contributed by atoms with Crippen molar-refractivity contribution >= 4 is 17.3 Å². The lowest BCUT2D eigenvalue weighted by Gasteiger charge is -2.07. The fourth-order valence-electron chi connectivity index (χ4n) is 1.06. The van der Waals surface area contributed by atoms with Gasteiger partial charge in [0.25, 0.3) is 0 Å². The van der Waals surface area contributed by atoms with E-state index in [4.69, 9.17) is 21.3 Å². The zero-order chi connectivity index (χ0) is 11.3. The van der Waals surface area contributed by atoms with Crippen molar-refractivity contribution in [1.82, 2.24) is 0 Å². The summed E-state index contributed by atoms with van der Waals surface area (Å²) in [4.78, 5) is 10.2. The predicted molar refractivity (Wildman–Crippen MR) is 57.6 cm³/mol. The maximum atomic E-state index is 10.2. The van der Waals surface area contributed by atoms with Crippen LogP contribution in [0.15, 0.2) is 18.2 Å². The fraction of sp³-hybridized carbons (Fsp3) is 0.300. The molecular formula is C10H14N2O3. The third-order valence-corrected chi connectivity index (χ3v) is 1.86. The zero-order valence-electron chi connectivity index (χ0n) is 8.27. The van der Waals surface area contributed by atoms with E-state index < -0.39 is 5.97 Å². The molecule has 5 heteroatoms. The maximum absolute atomic E-state index is 10.2. The van der Waals surface area contributed by atoms with Gasteiger partial charge >= 0.3 is 5.97 Å². The minimum Gasteiger partial charge on any atom is -0.494 e. The van der Waals surface area contributed by atoms with Gasteiger partial charge in [-0.15, -0.1) is 0 Å². The van der Waals surface area contributed by atoms with E-state index in [9.17, 15) is 4.79 Å². The number of hydrogen-bond acceptors (Lipinski definition) is 4. The Bertz CT molecular complexity index is 353. The summed E-state index contributed by atoms with van der Waals surface area (Å²) in [5, 5.41) is 8.40. The Morgan fingerprint density at radius 1 is 1.33 bits per heavy atom. The normalized spacial score (nSPS) is 9.87. The molecule has 0 atom stereocenters. The van der Waals surface area contributed by atoms with E-state index in [0.717, 1.165) is 0 Å². The molecule has 1 rings (SSSR count). The number of carboxylic acids is 1.